The summed E-state index contributed by atoms with van der Waals surface area (Å²) in [6.45, 7) is 2.55. The molecule has 10 nitrogen and oxygen atoms in total. The fourth-order valence-corrected chi connectivity index (χ4v) is 5.81. The molecule has 0 radical (unpaired) electrons. The van der Waals surface area contributed by atoms with Crippen molar-refractivity contribution in [3.63, 3.8) is 0 Å². The number of nitrogens with zero attached hydrogens (tertiary/aromatic N) is 3. The van der Waals surface area contributed by atoms with E-state index >= 15 is 0 Å². The third-order valence-electron chi connectivity index (χ3n) is 6.64. The fraction of sp³-hybridized carbons (Fsp3) is 0.207. The van der Waals surface area contributed by atoms with Gasteiger partial charge in [0, 0.05) is 35.7 Å². The van der Waals surface area contributed by atoms with Gasteiger partial charge in [-0.15, -0.1) is 0 Å². The van der Waals surface area contributed by atoms with E-state index < -0.39 is 16.9 Å². The molecule has 2 aliphatic heterocycles. The Hall–Kier alpha value is -4.64. The molecule has 40 heavy (non-hydrogen) atoms. The molecule has 5 rings (SSSR count). The number of aliphatic imine (C=N–C) groups is 1. The Balaban J connectivity index is 1.48. The molecule has 0 bridgehead atoms. The van der Waals surface area contributed by atoms with E-state index in [-0.39, 0.29) is 17.2 Å². The van der Waals surface area contributed by atoms with Crippen LogP contribution in [0.5, 0.6) is 5.75 Å². The van der Waals surface area contributed by atoms with Gasteiger partial charge in [-0.05, 0) is 49.2 Å². The van der Waals surface area contributed by atoms with E-state index in [1.165, 1.54) is 24.3 Å². The van der Waals surface area contributed by atoms with Crippen molar-refractivity contribution in [3.05, 3.63) is 105 Å². The van der Waals surface area contributed by atoms with E-state index in [2.05, 4.69) is 15.5 Å². The molecule has 1 unspecified atom stereocenters. The lowest BCUT2D eigenvalue weighted by Crippen LogP contribution is -2.43. The second kappa shape index (κ2) is 11.6. The van der Waals surface area contributed by atoms with E-state index in [4.69, 9.17) is 9.73 Å². The highest BCUT2D eigenvalue weighted by Crippen LogP contribution is 2.40. The molecule has 0 spiro atoms. The molecule has 1 atom stereocenters. The van der Waals surface area contributed by atoms with Crippen LogP contribution in [0.3, 0.4) is 0 Å². The van der Waals surface area contributed by atoms with Gasteiger partial charge in [0.05, 0.1) is 35.0 Å². The first-order valence-corrected chi connectivity index (χ1v) is 13.6. The summed E-state index contributed by atoms with van der Waals surface area (Å²) in [4.78, 5) is 44.2. The number of ether oxygens (including phenoxy) is 1. The number of hydrogen-bond donors (Lipinski definition) is 2. The number of rotatable bonds is 7. The van der Waals surface area contributed by atoms with Crippen molar-refractivity contribution in [2.45, 2.75) is 19.4 Å². The number of nitro groups is 1. The van der Waals surface area contributed by atoms with Gasteiger partial charge in [-0.25, -0.2) is 4.99 Å². The first-order valence-electron chi connectivity index (χ1n) is 12.6. The van der Waals surface area contributed by atoms with Crippen LogP contribution in [-0.4, -0.2) is 46.2 Å². The normalized spacial score (nSPS) is 16.5. The quantitative estimate of drug-likeness (QED) is 0.285. The van der Waals surface area contributed by atoms with Crippen molar-refractivity contribution in [2.75, 3.05) is 30.0 Å². The minimum Gasteiger partial charge on any atom is -0.495 e. The largest absolute Gasteiger partial charge is 0.495 e. The van der Waals surface area contributed by atoms with Crippen LogP contribution in [0, 0.1) is 10.1 Å². The summed E-state index contributed by atoms with van der Waals surface area (Å²) >= 11 is 1.65. The minimum atomic E-state index is -0.539. The van der Waals surface area contributed by atoms with Crippen molar-refractivity contribution in [2.24, 2.45) is 4.99 Å². The van der Waals surface area contributed by atoms with Gasteiger partial charge in [0.1, 0.15) is 5.75 Å². The molecule has 204 valence electrons. The molecule has 3 aromatic rings. The van der Waals surface area contributed by atoms with Crippen LogP contribution < -0.4 is 15.4 Å². The van der Waals surface area contributed by atoms with Crippen LogP contribution in [-0.2, 0) is 4.79 Å². The van der Waals surface area contributed by atoms with Gasteiger partial charge < -0.3 is 20.3 Å². The number of thioether (sulfide) groups is 1. The molecule has 0 saturated carbocycles. The number of hydrogen-bond acceptors (Lipinski definition) is 8. The highest BCUT2D eigenvalue weighted by molar-refractivity contribution is 8.13. The number of anilines is 2. The summed E-state index contributed by atoms with van der Waals surface area (Å²) < 4.78 is 5.42. The van der Waals surface area contributed by atoms with E-state index in [9.17, 15) is 19.7 Å². The Labute approximate surface area is 235 Å². The lowest BCUT2D eigenvalue weighted by Gasteiger charge is -2.41. The van der Waals surface area contributed by atoms with Crippen LogP contribution in [0.15, 0.2) is 89.1 Å². The molecule has 2 aliphatic rings. The van der Waals surface area contributed by atoms with Crippen molar-refractivity contribution in [1.82, 2.24) is 4.90 Å². The van der Waals surface area contributed by atoms with E-state index in [0.29, 0.717) is 28.4 Å². The Morgan fingerprint density at radius 2 is 1.85 bits per heavy atom. The first-order chi connectivity index (χ1) is 19.4. The molecule has 3 aromatic carbocycles. The summed E-state index contributed by atoms with van der Waals surface area (Å²) in [7, 11) is 1.55. The maximum Gasteiger partial charge on any atom is 0.270 e. The van der Waals surface area contributed by atoms with Crippen LogP contribution >= 0.6 is 11.8 Å². The molecule has 0 aliphatic carbocycles. The zero-order chi connectivity index (χ0) is 28.2. The lowest BCUT2D eigenvalue weighted by atomic mass is 9.93. The number of fused-ring (bicyclic) bond motifs is 1. The fourth-order valence-electron chi connectivity index (χ4n) is 4.79. The van der Waals surface area contributed by atoms with Crippen molar-refractivity contribution in [1.29, 1.82) is 0 Å². The number of non-ortho nitro benzene ring substituents is 1. The van der Waals surface area contributed by atoms with Crippen LogP contribution in [0.4, 0.5) is 17.1 Å². The van der Waals surface area contributed by atoms with Gasteiger partial charge in [-0.3, -0.25) is 19.7 Å². The smallest absolute Gasteiger partial charge is 0.270 e. The number of amidine groups is 1. The van der Waals surface area contributed by atoms with E-state index in [0.717, 1.165) is 29.4 Å². The Morgan fingerprint density at radius 3 is 2.65 bits per heavy atom. The highest BCUT2D eigenvalue weighted by Gasteiger charge is 2.37. The van der Waals surface area contributed by atoms with Gasteiger partial charge in [0.2, 0.25) is 0 Å². The number of carbonyl (C=O) groups excluding carboxylic acids is 2. The van der Waals surface area contributed by atoms with Crippen molar-refractivity contribution < 1.29 is 19.2 Å². The van der Waals surface area contributed by atoms with Crippen LogP contribution in [0.1, 0.15) is 35.3 Å². The minimum absolute atomic E-state index is 0.163. The van der Waals surface area contributed by atoms with Gasteiger partial charge in [0.15, 0.2) is 5.17 Å². The Bertz CT molecular complexity index is 1550. The third kappa shape index (κ3) is 5.55. The molecular weight excluding hydrogens is 530 g/mol. The zero-order valence-corrected chi connectivity index (χ0v) is 22.7. The number of nitrogens with one attached hydrogen (secondary N) is 2. The van der Waals surface area contributed by atoms with Crippen LogP contribution in [0.2, 0.25) is 0 Å². The second-order valence-electron chi connectivity index (χ2n) is 9.23. The number of methoxy groups -OCH3 is 1. The molecule has 1 saturated heterocycles. The summed E-state index contributed by atoms with van der Waals surface area (Å²) in [5.74, 6) is 0.722. The van der Waals surface area contributed by atoms with Crippen molar-refractivity contribution in [3.8, 4) is 5.75 Å². The Morgan fingerprint density at radius 1 is 1.05 bits per heavy atom. The number of allylic oxidation sites excluding steroid dienone is 1. The topological polar surface area (TPSA) is 126 Å². The predicted octanol–water partition coefficient (Wildman–Crippen LogP) is 5.62. The molecular formula is C29H27N5O5S. The van der Waals surface area contributed by atoms with Gasteiger partial charge in [-0.1, -0.05) is 42.1 Å². The maximum atomic E-state index is 13.8. The average Bonchev–Trinajstić information content (AvgIpc) is 2.96. The molecule has 11 heteroatoms. The highest BCUT2D eigenvalue weighted by atomic mass is 32.2. The molecule has 0 aromatic heterocycles. The predicted molar refractivity (Wildman–Crippen MR) is 156 cm³/mol. The molecule has 2 N–H and O–H groups in total. The van der Waals surface area contributed by atoms with Crippen LogP contribution in [0.25, 0.3) is 0 Å². The Kier molecular flexibility index (Phi) is 7.83. The summed E-state index contributed by atoms with van der Waals surface area (Å²) in [6, 6.07) is 19.6. The lowest BCUT2D eigenvalue weighted by molar-refractivity contribution is -0.384. The van der Waals surface area contributed by atoms with E-state index in [1.54, 1.807) is 37.1 Å². The number of amides is 2. The second-order valence-corrected chi connectivity index (χ2v) is 10.3. The zero-order valence-electron chi connectivity index (χ0n) is 21.9. The third-order valence-corrected chi connectivity index (χ3v) is 7.71. The first kappa shape index (κ1) is 26.9. The monoisotopic (exact) mass is 557 g/mol. The number of nitro benzene ring substituents is 1. The average molecular weight is 558 g/mol. The number of carbonyl (C=O) groups is 2. The van der Waals surface area contributed by atoms with E-state index in [1.807, 2.05) is 37.3 Å². The molecule has 2 heterocycles. The number of para-hydroxylation sites is 2. The number of benzene rings is 3. The van der Waals surface area contributed by atoms with Gasteiger partial charge >= 0.3 is 0 Å². The summed E-state index contributed by atoms with van der Waals surface area (Å²) in [6.07, 6.45) is 0.934. The van der Waals surface area contributed by atoms with Gasteiger partial charge in [-0.2, -0.15) is 0 Å². The standard InChI is InChI=1S/C29H27N5O5S/c1-18-25(28(36)32-23-12-3-4-13-24(23)39-2)26(33-14-7-15-40-29(33)30-18)19-8-5-10-21(16-19)31-27(35)20-9-6-11-22(17-20)34(37)38/h3-6,8-13,16-17,26H,7,14-15H2,1-2H3,(H,31,35)(H,32,36). The van der Waals surface area contributed by atoms with Gasteiger partial charge in [0.25, 0.3) is 17.5 Å². The molecule has 1 fully saturated rings. The summed E-state index contributed by atoms with van der Waals surface area (Å²) in [5, 5.41) is 17.8. The van der Waals surface area contributed by atoms with Crippen molar-refractivity contribution >= 4 is 45.8 Å². The molecule has 2 amide bonds. The maximum absolute atomic E-state index is 13.8. The SMILES string of the molecule is COc1ccccc1NC(=O)C1=C(C)N=C2SCCCN2C1c1cccc(NC(=O)c2cccc([N+](=O)[O-])c2)c1. The summed E-state index contributed by atoms with van der Waals surface area (Å²) in [5.41, 5.74) is 2.98.